The van der Waals surface area contributed by atoms with Crippen molar-refractivity contribution in [3.8, 4) is 0 Å². The van der Waals surface area contributed by atoms with Gasteiger partial charge in [-0.1, -0.05) is 43.2 Å². The van der Waals surface area contributed by atoms with Crippen LogP contribution in [0.5, 0.6) is 0 Å². The summed E-state index contributed by atoms with van der Waals surface area (Å²) in [4.78, 5) is 12.1. The summed E-state index contributed by atoms with van der Waals surface area (Å²) in [6.45, 7) is 7.78. The molecule has 19 heavy (non-hydrogen) atoms. The fourth-order valence-corrected chi connectivity index (χ4v) is 2.32. The van der Waals surface area contributed by atoms with Crippen molar-refractivity contribution in [1.82, 2.24) is 0 Å². The number of hydrogen-bond donors (Lipinski definition) is 1. The highest BCUT2D eigenvalue weighted by molar-refractivity contribution is 5.74. The molecule has 0 saturated carbocycles. The van der Waals surface area contributed by atoms with Crippen LogP contribution in [0.2, 0.25) is 0 Å². The van der Waals surface area contributed by atoms with Crippen LogP contribution < -0.4 is 0 Å². The zero-order valence-electron chi connectivity index (χ0n) is 12.3. The van der Waals surface area contributed by atoms with Gasteiger partial charge in [0.05, 0.1) is 12.5 Å². The first-order valence-electron chi connectivity index (χ1n) is 6.89. The summed E-state index contributed by atoms with van der Waals surface area (Å²) in [7, 11) is 0. The molecule has 0 heterocycles. The van der Waals surface area contributed by atoms with E-state index < -0.39 is 11.5 Å². The molecular formula is C16H24O3. The van der Waals surface area contributed by atoms with Gasteiger partial charge in [-0.3, -0.25) is 4.79 Å². The first kappa shape index (κ1) is 15.7. The van der Waals surface area contributed by atoms with Gasteiger partial charge in [-0.05, 0) is 32.8 Å². The standard InChI is InChI=1S/C16H24O3/c1-5-8-14(15(17)19-6-2)16(4,18)13-10-7-9-12(3)11-13/h7,9-11,14,18H,5-6,8H2,1-4H3. The number of rotatable bonds is 6. The van der Waals surface area contributed by atoms with Crippen LogP contribution in [0, 0.1) is 12.8 Å². The van der Waals surface area contributed by atoms with Crippen LogP contribution in [0.25, 0.3) is 0 Å². The lowest BCUT2D eigenvalue weighted by atomic mass is 9.80. The van der Waals surface area contributed by atoms with E-state index in [0.717, 1.165) is 17.5 Å². The van der Waals surface area contributed by atoms with Crippen molar-refractivity contribution in [3.63, 3.8) is 0 Å². The number of esters is 1. The minimum atomic E-state index is -1.20. The zero-order chi connectivity index (χ0) is 14.5. The highest BCUT2D eigenvalue weighted by Gasteiger charge is 2.39. The molecule has 3 heteroatoms. The molecule has 1 aromatic carbocycles. The summed E-state index contributed by atoms with van der Waals surface area (Å²) in [5, 5.41) is 10.8. The Morgan fingerprint density at radius 2 is 2.11 bits per heavy atom. The maximum absolute atomic E-state index is 12.1. The molecule has 0 aromatic heterocycles. The summed E-state index contributed by atoms with van der Waals surface area (Å²) >= 11 is 0. The van der Waals surface area contributed by atoms with Gasteiger partial charge in [0, 0.05) is 0 Å². The van der Waals surface area contributed by atoms with Gasteiger partial charge in [-0.25, -0.2) is 0 Å². The number of ether oxygens (including phenoxy) is 1. The topological polar surface area (TPSA) is 46.5 Å². The molecule has 1 aromatic rings. The monoisotopic (exact) mass is 264 g/mol. The molecule has 3 nitrogen and oxygen atoms in total. The van der Waals surface area contributed by atoms with Crippen molar-refractivity contribution >= 4 is 5.97 Å². The number of aryl methyl sites for hydroxylation is 1. The second-order valence-electron chi connectivity index (χ2n) is 5.11. The third-order valence-electron chi connectivity index (χ3n) is 3.43. The first-order chi connectivity index (χ1) is 8.93. The van der Waals surface area contributed by atoms with Gasteiger partial charge >= 0.3 is 5.97 Å². The molecule has 0 saturated heterocycles. The quantitative estimate of drug-likeness (QED) is 0.803. The first-order valence-corrected chi connectivity index (χ1v) is 6.89. The van der Waals surface area contributed by atoms with Crippen molar-refractivity contribution in [2.75, 3.05) is 6.61 Å². The highest BCUT2D eigenvalue weighted by atomic mass is 16.5. The van der Waals surface area contributed by atoms with Gasteiger partial charge in [0.15, 0.2) is 0 Å². The van der Waals surface area contributed by atoms with Crippen LogP contribution in [0.4, 0.5) is 0 Å². The zero-order valence-corrected chi connectivity index (χ0v) is 12.3. The summed E-state index contributed by atoms with van der Waals surface area (Å²) in [5.41, 5.74) is 0.629. The lowest BCUT2D eigenvalue weighted by molar-refractivity contribution is -0.158. The molecule has 2 unspecified atom stereocenters. The maximum Gasteiger partial charge on any atom is 0.312 e. The van der Waals surface area contributed by atoms with Crippen LogP contribution in [0.15, 0.2) is 24.3 Å². The molecule has 0 spiro atoms. The number of hydrogen-bond acceptors (Lipinski definition) is 3. The fraction of sp³-hybridized carbons (Fsp3) is 0.562. The molecule has 0 aliphatic heterocycles. The number of carbonyl (C=O) groups excluding carboxylic acids is 1. The average molecular weight is 264 g/mol. The fourth-order valence-electron chi connectivity index (χ4n) is 2.32. The van der Waals surface area contributed by atoms with Gasteiger partial charge in [0.1, 0.15) is 5.60 Å². The van der Waals surface area contributed by atoms with Crippen molar-refractivity contribution in [2.45, 2.75) is 46.1 Å². The van der Waals surface area contributed by atoms with Crippen molar-refractivity contribution in [2.24, 2.45) is 5.92 Å². The van der Waals surface area contributed by atoms with Gasteiger partial charge in [0.25, 0.3) is 0 Å². The highest BCUT2D eigenvalue weighted by Crippen LogP contribution is 2.33. The maximum atomic E-state index is 12.1. The predicted octanol–water partition coefficient (Wildman–Crippen LogP) is 3.18. The van der Waals surface area contributed by atoms with E-state index in [9.17, 15) is 9.90 Å². The van der Waals surface area contributed by atoms with E-state index in [2.05, 4.69) is 0 Å². The Balaban J connectivity index is 3.08. The normalized spacial score (nSPS) is 15.6. The van der Waals surface area contributed by atoms with Crippen molar-refractivity contribution in [1.29, 1.82) is 0 Å². The summed E-state index contributed by atoms with van der Waals surface area (Å²) in [5.74, 6) is -0.852. The van der Waals surface area contributed by atoms with Gasteiger partial charge < -0.3 is 9.84 Å². The van der Waals surface area contributed by atoms with Crippen LogP contribution in [-0.4, -0.2) is 17.7 Å². The van der Waals surface area contributed by atoms with E-state index in [0.29, 0.717) is 13.0 Å². The van der Waals surface area contributed by atoms with Crippen LogP contribution in [0.1, 0.15) is 44.7 Å². The van der Waals surface area contributed by atoms with Gasteiger partial charge in [-0.2, -0.15) is 0 Å². The van der Waals surface area contributed by atoms with E-state index in [1.54, 1.807) is 13.8 Å². The Morgan fingerprint density at radius 1 is 1.42 bits per heavy atom. The molecule has 1 N–H and O–H groups in total. The lowest BCUT2D eigenvalue weighted by Gasteiger charge is -2.32. The third kappa shape index (κ3) is 3.80. The largest absolute Gasteiger partial charge is 0.466 e. The molecule has 0 aliphatic rings. The Kier molecular flexibility index (Phi) is 5.55. The lowest BCUT2D eigenvalue weighted by Crippen LogP contribution is -2.38. The Bertz CT molecular complexity index is 424. The second-order valence-corrected chi connectivity index (χ2v) is 5.11. The number of aliphatic hydroxyl groups is 1. The van der Waals surface area contributed by atoms with Crippen molar-refractivity contribution in [3.05, 3.63) is 35.4 Å². The van der Waals surface area contributed by atoms with Crippen LogP contribution in [0.3, 0.4) is 0 Å². The van der Waals surface area contributed by atoms with Gasteiger partial charge in [-0.15, -0.1) is 0 Å². The molecule has 0 amide bonds. The molecule has 0 bridgehead atoms. The molecule has 1 rings (SSSR count). The molecule has 0 fully saturated rings. The smallest absolute Gasteiger partial charge is 0.312 e. The SMILES string of the molecule is CCCC(C(=O)OCC)C(C)(O)c1cccc(C)c1. The minimum absolute atomic E-state index is 0.323. The van der Waals surface area contributed by atoms with Crippen LogP contribution >= 0.6 is 0 Å². The summed E-state index contributed by atoms with van der Waals surface area (Å²) in [6, 6.07) is 7.64. The molecular weight excluding hydrogens is 240 g/mol. The summed E-state index contributed by atoms with van der Waals surface area (Å²) < 4.78 is 5.10. The number of benzene rings is 1. The van der Waals surface area contributed by atoms with E-state index in [4.69, 9.17) is 4.74 Å². The van der Waals surface area contributed by atoms with E-state index in [1.165, 1.54) is 0 Å². The molecule has 0 aliphatic carbocycles. The van der Waals surface area contributed by atoms with E-state index >= 15 is 0 Å². The second kappa shape index (κ2) is 6.71. The van der Waals surface area contributed by atoms with E-state index in [-0.39, 0.29) is 5.97 Å². The predicted molar refractivity (Wildman–Crippen MR) is 75.8 cm³/mol. The van der Waals surface area contributed by atoms with Gasteiger partial charge in [0.2, 0.25) is 0 Å². The molecule has 106 valence electrons. The van der Waals surface area contributed by atoms with Crippen LogP contribution in [-0.2, 0) is 15.1 Å². The Morgan fingerprint density at radius 3 is 2.63 bits per heavy atom. The third-order valence-corrected chi connectivity index (χ3v) is 3.43. The van der Waals surface area contributed by atoms with Crippen molar-refractivity contribution < 1.29 is 14.6 Å². The Hall–Kier alpha value is -1.35. The number of carbonyl (C=O) groups is 1. The summed E-state index contributed by atoms with van der Waals surface area (Å²) in [6.07, 6.45) is 1.44. The molecule has 2 atom stereocenters. The minimum Gasteiger partial charge on any atom is -0.466 e. The molecule has 0 radical (unpaired) electrons. The average Bonchev–Trinajstić information content (AvgIpc) is 2.36. The Labute approximate surface area is 115 Å². The van der Waals surface area contributed by atoms with E-state index in [1.807, 2.05) is 38.1 Å².